The average molecular weight is 350 g/mol. The van der Waals surface area contributed by atoms with Crippen molar-refractivity contribution >= 4 is 23.6 Å². The van der Waals surface area contributed by atoms with Crippen LogP contribution in [0.1, 0.15) is 52.4 Å². The molecule has 0 radical (unpaired) electrons. The predicted octanol–water partition coefficient (Wildman–Crippen LogP) is 1.82. The number of imide groups is 2. The first kappa shape index (κ1) is 19.6. The molecule has 7 heteroatoms. The molecule has 1 N–H and O–H groups in total. The molecule has 0 unspecified atom stereocenters. The number of carbonyl (C=O) groups excluding carboxylic acids is 3. The number of likely N-dealkylation sites (tertiary alicyclic amines) is 1. The van der Waals surface area contributed by atoms with E-state index in [9.17, 15) is 14.4 Å². The van der Waals surface area contributed by atoms with Gasteiger partial charge in [-0.1, -0.05) is 19.8 Å². The Hall–Kier alpha value is -1.76. The summed E-state index contributed by atoms with van der Waals surface area (Å²) in [7, 11) is 0. The van der Waals surface area contributed by atoms with Crippen LogP contribution in [0.4, 0.5) is 4.79 Å². The van der Waals surface area contributed by atoms with Crippen LogP contribution in [0.25, 0.3) is 0 Å². The fourth-order valence-corrected chi connectivity index (χ4v) is 3.33. The van der Waals surface area contributed by atoms with Gasteiger partial charge in [-0.05, 0) is 52.2 Å². The predicted molar refractivity (Wildman–Crippen MR) is 96.5 cm³/mol. The number of nitrogens with zero attached hydrogens (tertiary/aromatic N) is 3. The van der Waals surface area contributed by atoms with Gasteiger partial charge < -0.3 is 4.90 Å². The summed E-state index contributed by atoms with van der Waals surface area (Å²) in [5, 5.41) is 2.28. The van der Waals surface area contributed by atoms with E-state index < -0.39 is 23.8 Å². The standard InChI is InChI=1S/C18H30N4O3/c1-3-4-13-22-17(24)15(16(23)20-18(22)25)14(2)19-9-8-12-21-10-6-5-7-11-21/h15H,3-13H2,1-2H3,(H,20,23,25)/t15-/m1/s1. The van der Waals surface area contributed by atoms with Crippen LogP contribution in [0, 0.1) is 5.92 Å². The second kappa shape index (κ2) is 9.65. The molecular weight excluding hydrogens is 320 g/mol. The van der Waals surface area contributed by atoms with Crippen molar-refractivity contribution in [2.24, 2.45) is 10.9 Å². The lowest BCUT2D eigenvalue weighted by Gasteiger charge is -2.30. The van der Waals surface area contributed by atoms with Gasteiger partial charge in [0.05, 0.1) is 0 Å². The van der Waals surface area contributed by atoms with Crippen molar-refractivity contribution in [1.29, 1.82) is 0 Å². The molecule has 2 saturated heterocycles. The van der Waals surface area contributed by atoms with Crippen LogP contribution in [0.3, 0.4) is 0 Å². The van der Waals surface area contributed by atoms with Crippen molar-refractivity contribution in [3.63, 3.8) is 0 Å². The highest BCUT2D eigenvalue weighted by Crippen LogP contribution is 2.14. The van der Waals surface area contributed by atoms with Gasteiger partial charge in [0.2, 0.25) is 11.8 Å². The molecule has 25 heavy (non-hydrogen) atoms. The maximum absolute atomic E-state index is 12.5. The lowest BCUT2D eigenvalue weighted by Crippen LogP contribution is -2.59. The Kier molecular flexibility index (Phi) is 7.55. The lowest BCUT2D eigenvalue weighted by atomic mass is 9.99. The van der Waals surface area contributed by atoms with Gasteiger partial charge >= 0.3 is 6.03 Å². The monoisotopic (exact) mass is 350 g/mol. The molecule has 0 bridgehead atoms. The molecule has 2 aliphatic rings. The van der Waals surface area contributed by atoms with Crippen LogP contribution in [0.5, 0.6) is 0 Å². The Balaban J connectivity index is 1.88. The van der Waals surface area contributed by atoms with E-state index in [-0.39, 0.29) is 0 Å². The topological polar surface area (TPSA) is 82.1 Å². The van der Waals surface area contributed by atoms with Crippen molar-refractivity contribution in [3.05, 3.63) is 0 Å². The van der Waals surface area contributed by atoms with E-state index in [1.807, 2.05) is 6.92 Å². The van der Waals surface area contributed by atoms with Crippen LogP contribution in [-0.4, -0.2) is 66.1 Å². The molecule has 0 aromatic rings. The van der Waals surface area contributed by atoms with Crippen LogP contribution >= 0.6 is 0 Å². The molecule has 2 fully saturated rings. The van der Waals surface area contributed by atoms with E-state index in [2.05, 4.69) is 15.2 Å². The first-order chi connectivity index (χ1) is 12.0. The minimum Gasteiger partial charge on any atom is -0.303 e. The normalized spacial score (nSPS) is 23.1. The summed E-state index contributed by atoms with van der Waals surface area (Å²) in [5.74, 6) is -1.97. The summed E-state index contributed by atoms with van der Waals surface area (Å²) >= 11 is 0. The largest absolute Gasteiger partial charge is 0.330 e. The zero-order valence-corrected chi connectivity index (χ0v) is 15.4. The van der Waals surface area contributed by atoms with E-state index in [0.29, 0.717) is 18.8 Å². The molecule has 0 aromatic heterocycles. The van der Waals surface area contributed by atoms with E-state index in [1.165, 1.54) is 19.3 Å². The van der Waals surface area contributed by atoms with Crippen molar-refractivity contribution in [2.75, 3.05) is 32.7 Å². The Bertz CT molecular complexity index is 526. The number of amides is 4. The third-order valence-corrected chi connectivity index (χ3v) is 4.85. The summed E-state index contributed by atoms with van der Waals surface area (Å²) in [6.45, 7) is 7.94. The summed E-state index contributed by atoms with van der Waals surface area (Å²) in [6, 6.07) is -0.613. The van der Waals surface area contributed by atoms with Crippen molar-refractivity contribution < 1.29 is 14.4 Å². The van der Waals surface area contributed by atoms with E-state index in [1.54, 1.807) is 6.92 Å². The number of barbiturate groups is 1. The second-order valence-electron chi connectivity index (χ2n) is 6.85. The van der Waals surface area contributed by atoms with Crippen LogP contribution in [-0.2, 0) is 9.59 Å². The van der Waals surface area contributed by atoms with Gasteiger partial charge in [-0.25, -0.2) is 4.79 Å². The van der Waals surface area contributed by atoms with Gasteiger partial charge in [-0.15, -0.1) is 0 Å². The van der Waals surface area contributed by atoms with E-state index in [0.717, 1.165) is 43.8 Å². The number of hydrogen-bond acceptors (Lipinski definition) is 5. The van der Waals surface area contributed by atoms with E-state index in [4.69, 9.17) is 0 Å². The molecule has 0 aromatic carbocycles. The van der Waals surface area contributed by atoms with Crippen molar-refractivity contribution in [2.45, 2.75) is 52.4 Å². The number of piperidine rings is 1. The van der Waals surface area contributed by atoms with Crippen LogP contribution in [0.15, 0.2) is 4.99 Å². The number of hydrogen-bond donors (Lipinski definition) is 1. The Morgan fingerprint density at radius 1 is 1.12 bits per heavy atom. The Morgan fingerprint density at radius 3 is 2.52 bits per heavy atom. The number of aliphatic imine (C=N–C) groups is 1. The summed E-state index contributed by atoms with van der Waals surface area (Å²) in [5.41, 5.74) is 0.496. The molecule has 2 rings (SSSR count). The fraction of sp³-hybridized carbons (Fsp3) is 0.778. The van der Waals surface area contributed by atoms with E-state index >= 15 is 0 Å². The molecule has 0 saturated carbocycles. The first-order valence-corrected chi connectivity index (χ1v) is 9.44. The third-order valence-electron chi connectivity index (χ3n) is 4.85. The number of rotatable bonds is 8. The average Bonchev–Trinajstić information content (AvgIpc) is 2.59. The van der Waals surface area contributed by atoms with Gasteiger partial charge in [0, 0.05) is 18.8 Å². The molecule has 0 spiro atoms. The first-order valence-electron chi connectivity index (χ1n) is 9.44. The highest BCUT2D eigenvalue weighted by atomic mass is 16.2. The number of carbonyl (C=O) groups is 3. The van der Waals surface area contributed by atoms with Crippen molar-refractivity contribution in [1.82, 2.24) is 15.1 Å². The lowest BCUT2D eigenvalue weighted by molar-refractivity contribution is -0.139. The minimum atomic E-state index is -0.968. The maximum atomic E-state index is 12.5. The highest BCUT2D eigenvalue weighted by Gasteiger charge is 2.41. The van der Waals surface area contributed by atoms with Crippen LogP contribution in [0.2, 0.25) is 0 Å². The van der Waals surface area contributed by atoms with Gasteiger partial charge in [-0.2, -0.15) is 0 Å². The van der Waals surface area contributed by atoms with Gasteiger partial charge in [0.25, 0.3) is 0 Å². The smallest absolute Gasteiger partial charge is 0.303 e. The third kappa shape index (κ3) is 5.36. The molecule has 1 atom stereocenters. The van der Waals surface area contributed by atoms with Crippen LogP contribution < -0.4 is 5.32 Å². The zero-order chi connectivity index (χ0) is 18.2. The molecule has 2 aliphatic heterocycles. The molecule has 7 nitrogen and oxygen atoms in total. The van der Waals surface area contributed by atoms with Gasteiger partial charge in [0.15, 0.2) is 5.92 Å². The molecule has 4 amide bonds. The fourth-order valence-electron chi connectivity index (χ4n) is 3.33. The summed E-state index contributed by atoms with van der Waals surface area (Å²) in [6.07, 6.45) is 6.37. The summed E-state index contributed by atoms with van der Waals surface area (Å²) in [4.78, 5) is 44.5. The number of nitrogens with one attached hydrogen (secondary N) is 1. The van der Waals surface area contributed by atoms with Gasteiger partial charge in [0.1, 0.15) is 0 Å². The van der Waals surface area contributed by atoms with Gasteiger partial charge in [-0.3, -0.25) is 24.8 Å². The Morgan fingerprint density at radius 2 is 1.84 bits per heavy atom. The minimum absolute atomic E-state index is 0.340. The molecule has 140 valence electrons. The zero-order valence-electron chi connectivity index (χ0n) is 15.4. The molecular formula is C18H30N4O3. The number of urea groups is 1. The molecule has 0 aliphatic carbocycles. The molecule has 2 heterocycles. The SMILES string of the molecule is CCCCN1C(=O)NC(=O)[C@@H](C(C)=NCCCN2CCCCC2)C1=O. The Labute approximate surface area is 149 Å². The quantitative estimate of drug-likeness (QED) is 0.411. The maximum Gasteiger partial charge on any atom is 0.330 e. The highest BCUT2D eigenvalue weighted by molar-refractivity contribution is 6.27. The summed E-state index contributed by atoms with van der Waals surface area (Å²) < 4.78 is 0. The number of unbranched alkanes of at least 4 members (excludes halogenated alkanes) is 1. The second-order valence-corrected chi connectivity index (χ2v) is 6.85. The van der Waals surface area contributed by atoms with Crippen molar-refractivity contribution in [3.8, 4) is 0 Å².